The van der Waals surface area contributed by atoms with Crippen molar-refractivity contribution in [3.05, 3.63) is 28.4 Å². The van der Waals surface area contributed by atoms with Crippen LogP contribution in [0, 0.1) is 15.5 Å². The Labute approximate surface area is 140 Å². The smallest absolute Gasteiger partial charge is 0.368 e. The summed E-state index contributed by atoms with van der Waals surface area (Å²) in [4.78, 5) is 16.8. The van der Waals surface area contributed by atoms with Gasteiger partial charge in [-0.1, -0.05) is 23.5 Å². The lowest BCUT2D eigenvalue weighted by atomic mass is 9.58. The Hall–Kier alpha value is -2.22. The molecule has 3 rings (SSSR count). The van der Waals surface area contributed by atoms with Gasteiger partial charge in [0.2, 0.25) is 5.65 Å². The summed E-state index contributed by atoms with van der Waals surface area (Å²) in [6.45, 7) is 4.37. The summed E-state index contributed by atoms with van der Waals surface area (Å²) < 4.78 is 6.95. The highest BCUT2D eigenvalue weighted by Gasteiger charge is 2.55. The van der Waals surface area contributed by atoms with Gasteiger partial charge in [-0.3, -0.25) is 0 Å². The van der Waals surface area contributed by atoms with Gasteiger partial charge < -0.3 is 19.8 Å². The van der Waals surface area contributed by atoms with E-state index in [-0.39, 0.29) is 17.3 Å². The van der Waals surface area contributed by atoms with Gasteiger partial charge in [0, 0.05) is 31.7 Å². The molecule has 8 nitrogen and oxygen atoms in total. The minimum atomic E-state index is -0.469. The third-order valence-electron chi connectivity index (χ3n) is 5.69. The molecule has 0 N–H and O–H groups in total. The van der Waals surface area contributed by atoms with Crippen LogP contribution in [-0.4, -0.2) is 45.8 Å². The van der Waals surface area contributed by atoms with Crippen molar-refractivity contribution in [2.45, 2.75) is 45.3 Å². The molecule has 0 aromatic carbocycles. The maximum Gasteiger partial charge on any atom is 0.368 e. The summed E-state index contributed by atoms with van der Waals surface area (Å²) in [6, 6.07) is 3.92. The van der Waals surface area contributed by atoms with Crippen LogP contribution in [0.15, 0.2) is 18.3 Å². The fraction of sp³-hybridized carbons (Fsp3) is 0.625. The summed E-state index contributed by atoms with van der Waals surface area (Å²) >= 11 is 0. The predicted octanol–water partition coefficient (Wildman–Crippen LogP) is 2.67. The fourth-order valence-corrected chi connectivity index (χ4v) is 4.10. The topological polar surface area (TPSA) is 85.8 Å². The normalized spacial score (nSPS) is 22.3. The second-order valence-corrected chi connectivity index (χ2v) is 6.36. The van der Waals surface area contributed by atoms with Gasteiger partial charge >= 0.3 is 5.82 Å². The Morgan fingerprint density at radius 2 is 2.17 bits per heavy atom. The minimum Gasteiger partial charge on any atom is -0.381 e. The molecule has 0 radical (unpaired) electrons. The van der Waals surface area contributed by atoms with Crippen LogP contribution < -0.4 is 4.90 Å². The standard InChI is InChI=1S/C16H23N5O3/c1-5-16(6-2)11(9-12(16)24-4)19(3)14-8-7-13-17-10-15(21(22)23)20(13)18-14/h7-8,10-12H,5-6,9H2,1-4H3. The average molecular weight is 333 g/mol. The third-order valence-corrected chi connectivity index (χ3v) is 5.69. The number of hydrogen-bond donors (Lipinski definition) is 0. The first-order chi connectivity index (χ1) is 11.5. The molecule has 2 unspecified atom stereocenters. The molecule has 2 aromatic heterocycles. The number of anilines is 1. The number of fused-ring (bicyclic) bond motifs is 1. The Kier molecular flexibility index (Phi) is 4.16. The quantitative estimate of drug-likeness (QED) is 0.597. The number of ether oxygens (including phenoxy) is 1. The van der Waals surface area contributed by atoms with E-state index in [4.69, 9.17) is 4.74 Å². The maximum absolute atomic E-state index is 11.1. The highest BCUT2D eigenvalue weighted by Crippen LogP contribution is 2.51. The molecule has 8 heteroatoms. The molecule has 2 heterocycles. The number of nitrogens with zero attached hydrogens (tertiary/aromatic N) is 5. The van der Waals surface area contributed by atoms with E-state index in [2.05, 4.69) is 28.8 Å². The Bertz CT molecular complexity index is 755. The van der Waals surface area contributed by atoms with Gasteiger partial charge in [0.1, 0.15) is 6.20 Å². The largest absolute Gasteiger partial charge is 0.381 e. The predicted molar refractivity (Wildman–Crippen MR) is 90.3 cm³/mol. The number of nitro groups is 1. The minimum absolute atomic E-state index is 0.0843. The lowest BCUT2D eigenvalue weighted by molar-refractivity contribution is -0.391. The zero-order valence-electron chi connectivity index (χ0n) is 14.5. The summed E-state index contributed by atoms with van der Waals surface area (Å²) in [5, 5.41) is 15.6. The maximum atomic E-state index is 11.1. The second kappa shape index (κ2) is 6.01. The van der Waals surface area contributed by atoms with Crippen molar-refractivity contribution in [3.63, 3.8) is 0 Å². The Balaban J connectivity index is 1.95. The van der Waals surface area contributed by atoms with Gasteiger partial charge in [-0.15, -0.1) is 0 Å². The van der Waals surface area contributed by atoms with Crippen LogP contribution >= 0.6 is 0 Å². The molecule has 1 aliphatic rings. The monoisotopic (exact) mass is 333 g/mol. The molecular weight excluding hydrogens is 310 g/mol. The summed E-state index contributed by atoms with van der Waals surface area (Å²) in [5.41, 5.74) is 0.556. The van der Waals surface area contributed by atoms with Gasteiger partial charge in [0.05, 0.1) is 6.10 Å². The van der Waals surface area contributed by atoms with E-state index < -0.39 is 4.92 Å². The third kappa shape index (κ3) is 2.24. The SMILES string of the molecule is CCC1(CC)C(OC)CC1N(C)c1ccc2ncc([N+](=O)[O-])n2n1. The zero-order valence-corrected chi connectivity index (χ0v) is 14.5. The molecule has 0 aliphatic heterocycles. The van der Waals surface area contributed by atoms with Crippen LogP contribution in [0.1, 0.15) is 33.1 Å². The molecule has 0 amide bonds. The highest BCUT2D eigenvalue weighted by molar-refractivity contribution is 5.50. The lowest BCUT2D eigenvalue weighted by Gasteiger charge is -2.58. The summed E-state index contributed by atoms with van der Waals surface area (Å²) in [5.74, 6) is 0.579. The first-order valence-electron chi connectivity index (χ1n) is 8.23. The number of rotatable bonds is 6. The molecule has 130 valence electrons. The van der Waals surface area contributed by atoms with Gasteiger partial charge in [0.15, 0.2) is 5.82 Å². The van der Waals surface area contributed by atoms with Gasteiger partial charge in [0.25, 0.3) is 0 Å². The molecule has 0 saturated heterocycles. The Morgan fingerprint density at radius 1 is 1.46 bits per heavy atom. The van der Waals surface area contributed by atoms with E-state index >= 15 is 0 Å². The van der Waals surface area contributed by atoms with Crippen molar-refractivity contribution in [1.82, 2.24) is 14.6 Å². The van der Waals surface area contributed by atoms with Crippen molar-refractivity contribution >= 4 is 17.3 Å². The van der Waals surface area contributed by atoms with Crippen molar-refractivity contribution in [2.75, 3.05) is 19.1 Å². The molecule has 1 saturated carbocycles. The van der Waals surface area contributed by atoms with Crippen LogP contribution in [0.2, 0.25) is 0 Å². The first kappa shape index (κ1) is 16.6. The molecule has 1 fully saturated rings. The number of hydrogen-bond acceptors (Lipinski definition) is 6. The number of aromatic nitrogens is 3. The number of methoxy groups -OCH3 is 1. The van der Waals surface area contributed by atoms with Crippen LogP contribution in [0.5, 0.6) is 0 Å². The van der Waals surface area contributed by atoms with Crippen molar-refractivity contribution in [1.29, 1.82) is 0 Å². The molecule has 0 spiro atoms. The first-order valence-corrected chi connectivity index (χ1v) is 8.23. The van der Waals surface area contributed by atoms with Crippen LogP contribution in [0.3, 0.4) is 0 Å². The van der Waals surface area contributed by atoms with Crippen LogP contribution in [0.4, 0.5) is 11.6 Å². The molecule has 24 heavy (non-hydrogen) atoms. The average Bonchev–Trinajstić information content (AvgIpc) is 2.98. The molecular formula is C16H23N5O3. The van der Waals surface area contributed by atoms with Gasteiger partial charge in [-0.2, -0.15) is 0 Å². The zero-order chi connectivity index (χ0) is 17.5. The molecule has 0 bridgehead atoms. The molecule has 2 atom stereocenters. The van der Waals surface area contributed by atoms with E-state index in [9.17, 15) is 10.1 Å². The van der Waals surface area contributed by atoms with Crippen LogP contribution in [-0.2, 0) is 4.74 Å². The molecule has 1 aliphatic carbocycles. The van der Waals surface area contributed by atoms with Crippen molar-refractivity contribution in [2.24, 2.45) is 5.41 Å². The van der Waals surface area contributed by atoms with Crippen LogP contribution in [0.25, 0.3) is 5.65 Å². The second-order valence-electron chi connectivity index (χ2n) is 6.36. The van der Waals surface area contributed by atoms with Crippen molar-refractivity contribution < 1.29 is 9.66 Å². The summed E-state index contributed by atoms with van der Waals surface area (Å²) in [7, 11) is 3.76. The van der Waals surface area contributed by atoms with E-state index in [1.165, 1.54) is 10.7 Å². The lowest BCUT2D eigenvalue weighted by Crippen LogP contribution is -2.63. The number of imidazole rings is 1. The van der Waals surface area contributed by atoms with E-state index in [0.717, 1.165) is 19.3 Å². The van der Waals surface area contributed by atoms with Crippen molar-refractivity contribution in [3.8, 4) is 0 Å². The fourth-order valence-electron chi connectivity index (χ4n) is 4.10. The highest BCUT2D eigenvalue weighted by atomic mass is 16.6. The van der Waals surface area contributed by atoms with Gasteiger partial charge in [-0.05, 0) is 30.3 Å². The summed E-state index contributed by atoms with van der Waals surface area (Å²) in [6.07, 6.45) is 4.44. The van der Waals surface area contributed by atoms with Gasteiger partial charge in [-0.25, -0.2) is 4.98 Å². The van der Waals surface area contributed by atoms with E-state index in [0.29, 0.717) is 17.5 Å². The van der Waals surface area contributed by atoms with E-state index in [1.807, 2.05) is 13.1 Å². The molecule has 2 aromatic rings. The Morgan fingerprint density at radius 3 is 2.75 bits per heavy atom. The van der Waals surface area contributed by atoms with E-state index in [1.54, 1.807) is 13.2 Å².